The van der Waals surface area contributed by atoms with Crippen LogP contribution in [0.25, 0.3) is 32.2 Å². The molecule has 10 nitrogen and oxygen atoms in total. The maximum Gasteiger partial charge on any atom is 0.338 e. The molecule has 0 radical (unpaired) electrons. The summed E-state index contributed by atoms with van der Waals surface area (Å²) < 4.78 is 31.0. The van der Waals surface area contributed by atoms with Gasteiger partial charge in [-0.3, -0.25) is 19.2 Å². The van der Waals surface area contributed by atoms with Gasteiger partial charge in [-0.25, -0.2) is 23.5 Å². The molecule has 1 saturated heterocycles. The molecule has 14 heteroatoms. The first-order chi connectivity index (χ1) is 24.5. The normalized spacial score (nSPS) is 15.5. The van der Waals surface area contributed by atoms with E-state index in [1.54, 1.807) is 42.8 Å². The summed E-state index contributed by atoms with van der Waals surface area (Å²) in [4.78, 5) is 42.8. The number of rotatable bonds is 8. The van der Waals surface area contributed by atoms with Crippen LogP contribution in [0.15, 0.2) is 46.8 Å². The van der Waals surface area contributed by atoms with Crippen molar-refractivity contribution in [1.82, 2.24) is 24.4 Å². The molecule has 51 heavy (non-hydrogen) atoms. The van der Waals surface area contributed by atoms with Gasteiger partial charge in [-0.2, -0.15) is 5.26 Å². The summed E-state index contributed by atoms with van der Waals surface area (Å²) >= 11 is 7.65. The number of aryl methyl sites for hydroxylation is 1. The summed E-state index contributed by atoms with van der Waals surface area (Å²) in [6, 6.07) is 9.15. The fourth-order valence-electron chi connectivity index (χ4n) is 6.80. The number of pyridine rings is 2. The molecule has 5 heterocycles. The number of carboxylic acids is 1. The van der Waals surface area contributed by atoms with Crippen LogP contribution < -0.4 is 10.5 Å². The monoisotopic (exact) mass is 727 g/mol. The predicted octanol–water partition coefficient (Wildman–Crippen LogP) is 6.60. The molecular weight excluding hydrogens is 696 g/mol. The van der Waals surface area contributed by atoms with Crippen molar-refractivity contribution in [3.63, 3.8) is 0 Å². The molecule has 0 unspecified atom stereocenters. The largest absolute Gasteiger partial charge is 0.478 e. The quantitative estimate of drug-likeness (QED) is 0.176. The van der Waals surface area contributed by atoms with Gasteiger partial charge in [0.15, 0.2) is 0 Å². The van der Waals surface area contributed by atoms with Gasteiger partial charge in [0.25, 0.3) is 11.5 Å². The van der Waals surface area contributed by atoms with E-state index in [2.05, 4.69) is 32.9 Å². The Morgan fingerprint density at radius 2 is 1.94 bits per heavy atom. The number of anilines is 1. The number of piperidine rings is 1. The summed E-state index contributed by atoms with van der Waals surface area (Å²) in [5.74, 6) is 2.75. The molecule has 1 aliphatic carbocycles. The van der Waals surface area contributed by atoms with Gasteiger partial charge in [0.2, 0.25) is 0 Å². The Hall–Kier alpha value is -4.95. The predicted molar refractivity (Wildman–Crippen MR) is 193 cm³/mol. The number of fused-ring (bicyclic) bond motifs is 2. The van der Waals surface area contributed by atoms with Crippen LogP contribution in [0.3, 0.4) is 0 Å². The fraction of sp³-hybridized carbons (Fsp3) is 0.351. The van der Waals surface area contributed by atoms with E-state index in [1.807, 2.05) is 16.8 Å². The zero-order valence-corrected chi connectivity index (χ0v) is 29.4. The highest BCUT2D eigenvalue weighted by atomic mass is 35.5. The number of alkyl halides is 2. The number of thiophene rings is 1. The van der Waals surface area contributed by atoms with Crippen LogP contribution in [0.1, 0.15) is 53.0 Å². The van der Waals surface area contributed by atoms with Crippen molar-refractivity contribution in [1.29, 1.82) is 5.26 Å². The topological polar surface area (TPSA) is 128 Å². The van der Waals surface area contributed by atoms with Crippen LogP contribution in [0, 0.1) is 36.0 Å². The van der Waals surface area contributed by atoms with Gasteiger partial charge in [-0.05, 0) is 56.9 Å². The Balaban J connectivity index is 1.17. The number of hydrogen-bond acceptors (Lipinski definition) is 9. The number of carbonyl (C=O) groups is 1. The Bertz CT molecular complexity index is 2370. The zero-order valence-electron chi connectivity index (χ0n) is 27.8. The Morgan fingerprint density at radius 3 is 2.65 bits per heavy atom. The van der Waals surface area contributed by atoms with E-state index in [0.29, 0.717) is 82.3 Å². The highest BCUT2D eigenvalue weighted by Crippen LogP contribution is 2.44. The average molecular weight is 728 g/mol. The molecule has 1 aromatic carbocycles. The van der Waals surface area contributed by atoms with Crippen molar-refractivity contribution < 1.29 is 18.7 Å². The number of benzene rings is 1. The van der Waals surface area contributed by atoms with Crippen LogP contribution in [0.2, 0.25) is 5.02 Å². The third kappa shape index (κ3) is 6.65. The molecule has 2 aliphatic rings. The Labute approximate surface area is 300 Å². The molecule has 4 aromatic heterocycles. The van der Waals surface area contributed by atoms with Gasteiger partial charge in [0, 0.05) is 65.4 Å². The molecule has 0 atom stereocenters. The van der Waals surface area contributed by atoms with Gasteiger partial charge in [0.05, 0.1) is 46.0 Å². The van der Waals surface area contributed by atoms with Crippen LogP contribution >= 0.6 is 22.9 Å². The van der Waals surface area contributed by atoms with Crippen molar-refractivity contribution in [2.24, 2.45) is 5.92 Å². The Morgan fingerprint density at radius 1 is 1.18 bits per heavy atom. The molecule has 2 fully saturated rings. The molecule has 0 bridgehead atoms. The fourth-order valence-corrected chi connectivity index (χ4v) is 8.00. The number of likely N-dealkylation sites (tertiary alicyclic amines) is 1. The summed E-state index contributed by atoms with van der Waals surface area (Å²) in [6.07, 6.45) is 5.47. The van der Waals surface area contributed by atoms with E-state index in [4.69, 9.17) is 11.6 Å². The summed E-state index contributed by atoms with van der Waals surface area (Å²) in [6.45, 7) is 2.46. The van der Waals surface area contributed by atoms with E-state index in [9.17, 15) is 28.7 Å². The second kappa shape index (κ2) is 13.6. The first-order valence-electron chi connectivity index (χ1n) is 16.5. The number of aromatic nitrogens is 4. The second-order valence-electron chi connectivity index (χ2n) is 13.0. The lowest BCUT2D eigenvalue weighted by atomic mass is 10.00. The molecular formula is C37H32ClF2N7O3S. The number of hydrogen-bond donors (Lipinski definition) is 1. The van der Waals surface area contributed by atoms with Crippen LogP contribution in [-0.2, 0) is 6.54 Å². The maximum atomic E-state index is 14.4. The molecule has 5 aromatic rings. The Kier molecular flexibility index (Phi) is 9.23. The first kappa shape index (κ1) is 34.5. The van der Waals surface area contributed by atoms with Gasteiger partial charge >= 0.3 is 5.97 Å². The molecule has 0 amide bonds. The minimum absolute atomic E-state index is 0.0219. The number of nitriles is 1. The van der Waals surface area contributed by atoms with Gasteiger partial charge < -0.3 is 10.0 Å². The second-order valence-corrected chi connectivity index (χ2v) is 14.3. The van der Waals surface area contributed by atoms with Gasteiger partial charge in [-0.15, -0.1) is 11.3 Å². The molecule has 260 valence electrons. The van der Waals surface area contributed by atoms with Crippen LogP contribution in [0.4, 0.5) is 14.6 Å². The van der Waals surface area contributed by atoms with E-state index >= 15 is 0 Å². The first-order valence-corrected chi connectivity index (χ1v) is 17.7. The molecule has 1 saturated carbocycles. The number of halogens is 3. The molecule has 0 spiro atoms. The van der Waals surface area contributed by atoms with Gasteiger partial charge in [0.1, 0.15) is 23.3 Å². The van der Waals surface area contributed by atoms with Crippen LogP contribution in [-0.4, -0.2) is 74.1 Å². The number of nitrogens with zero attached hydrogens (tertiary/aromatic N) is 7. The van der Waals surface area contributed by atoms with E-state index in [0.717, 1.165) is 5.56 Å². The van der Waals surface area contributed by atoms with E-state index < -0.39 is 23.4 Å². The SMILES string of the molecule is Cc1nc2cnc(N(C)C3CCN(CC(F)(F)C4CC4)CC3)c(C#N)c2c(=O)n1CC#Cc1ccc(Cl)cc1-c1ccnc2c(C(=O)O)csc12. The average Bonchev–Trinajstić information content (AvgIpc) is 3.89. The highest BCUT2D eigenvalue weighted by molar-refractivity contribution is 7.18. The third-order valence-corrected chi connectivity index (χ3v) is 11.0. The standard InChI is InChI=1S/C37H32ClF2N7O3S/c1-21-44-30-18-43-34(45(2)25-10-14-46(15-11-25)20-37(39,40)23-6-7-23)28(17-41)31(30)35(48)47(21)13-3-4-22-5-8-24(38)16-27(22)26-9-12-42-32-29(36(49)50)19-51-33(26)32/h5,8-9,12,16,18-19,23,25H,6-7,10-11,13-15,20H2,1-2H3,(H,49,50). The van der Waals surface area contributed by atoms with Crippen molar-refractivity contribution in [3.05, 3.63) is 79.9 Å². The number of carboxylic acid groups (broad SMARTS) is 1. The van der Waals surface area contributed by atoms with Crippen molar-refractivity contribution in [2.45, 2.75) is 51.1 Å². The smallest absolute Gasteiger partial charge is 0.338 e. The zero-order chi connectivity index (χ0) is 36.0. The van der Waals surface area contributed by atoms with Crippen molar-refractivity contribution in [2.75, 3.05) is 31.6 Å². The molecule has 1 aliphatic heterocycles. The van der Waals surface area contributed by atoms with Crippen molar-refractivity contribution >= 4 is 55.8 Å². The van der Waals surface area contributed by atoms with Crippen molar-refractivity contribution in [3.8, 4) is 29.0 Å². The van der Waals surface area contributed by atoms with E-state index in [1.165, 1.54) is 22.1 Å². The molecule has 7 rings (SSSR count). The number of aromatic carboxylic acids is 1. The minimum atomic E-state index is -2.66. The third-order valence-electron chi connectivity index (χ3n) is 9.75. The van der Waals surface area contributed by atoms with E-state index in [-0.39, 0.29) is 35.6 Å². The highest BCUT2D eigenvalue weighted by Gasteiger charge is 2.47. The maximum absolute atomic E-state index is 14.4. The minimum Gasteiger partial charge on any atom is -0.478 e. The lowest BCUT2D eigenvalue weighted by molar-refractivity contribution is -0.0558. The lowest BCUT2D eigenvalue weighted by Crippen LogP contribution is -2.47. The molecule has 1 N–H and O–H groups in total. The lowest BCUT2D eigenvalue weighted by Gasteiger charge is -2.38. The van der Waals surface area contributed by atoms with Crippen LogP contribution in [0.5, 0.6) is 0 Å². The summed E-state index contributed by atoms with van der Waals surface area (Å²) in [7, 11) is 1.82. The summed E-state index contributed by atoms with van der Waals surface area (Å²) in [5, 5.41) is 22.1. The van der Waals surface area contributed by atoms with Gasteiger partial charge in [-0.1, -0.05) is 23.4 Å². The summed E-state index contributed by atoms with van der Waals surface area (Å²) in [5.41, 5.74) is 2.50.